The predicted molar refractivity (Wildman–Crippen MR) is 124 cm³/mol. The van der Waals surface area contributed by atoms with E-state index in [4.69, 9.17) is 10.5 Å². The molecule has 198 valence electrons. The molecule has 37 heavy (non-hydrogen) atoms. The number of methoxy groups -OCH3 is 1. The maximum Gasteiger partial charge on any atom is 0.418 e. The molecule has 3 amide bonds. The summed E-state index contributed by atoms with van der Waals surface area (Å²) in [6.45, 7) is 1.96. The number of carbonyl (C=O) groups excluding carboxylic acids is 2. The van der Waals surface area contributed by atoms with Gasteiger partial charge in [0.15, 0.2) is 5.82 Å². The molecule has 0 aromatic carbocycles. The van der Waals surface area contributed by atoms with Crippen LogP contribution in [0, 0.1) is 0 Å². The average Bonchev–Trinajstić information content (AvgIpc) is 3.44. The van der Waals surface area contributed by atoms with Crippen LogP contribution in [0.4, 0.5) is 28.2 Å². The summed E-state index contributed by atoms with van der Waals surface area (Å²) in [5.41, 5.74) is 4.09. The molecular formula is C22H24F4N8O3. The van der Waals surface area contributed by atoms with Crippen molar-refractivity contribution < 1.29 is 31.9 Å². The number of hydrogen-bond acceptors (Lipinski definition) is 7. The number of amides is 3. The van der Waals surface area contributed by atoms with Gasteiger partial charge in [0, 0.05) is 31.9 Å². The van der Waals surface area contributed by atoms with Crippen LogP contribution in [0.15, 0.2) is 24.7 Å². The topological polar surface area (TPSA) is 131 Å². The van der Waals surface area contributed by atoms with E-state index in [1.165, 1.54) is 29.2 Å². The fourth-order valence-corrected chi connectivity index (χ4v) is 4.09. The average molecular weight is 524 g/mol. The quantitative estimate of drug-likeness (QED) is 0.490. The zero-order chi connectivity index (χ0) is 27.1. The molecule has 0 bridgehead atoms. The van der Waals surface area contributed by atoms with Crippen molar-refractivity contribution in [2.45, 2.75) is 25.3 Å². The summed E-state index contributed by atoms with van der Waals surface area (Å²) in [5, 5.41) is 6.42. The van der Waals surface area contributed by atoms with Gasteiger partial charge in [-0.25, -0.2) is 23.7 Å². The van der Waals surface area contributed by atoms with E-state index >= 15 is 0 Å². The van der Waals surface area contributed by atoms with Crippen LogP contribution < -0.4 is 15.8 Å². The zero-order valence-corrected chi connectivity index (χ0v) is 20.1. The lowest BCUT2D eigenvalue weighted by atomic mass is 10.1. The van der Waals surface area contributed by atoms with Crippen LogP contribution in [-0.2, 0) is 6.18 Å². The summed E-state index contributed by atoms with van der Waals surface area (Å²) in [5.74, 6) is -1.28. The highest BCUT2D eigenvalue weighted by Crippen LogP contribution is 2.39. The molecule has 0 radical (unpaired) electrons. The van der Waals surface area contributed by atoms with Crippen molar-refractivity contribution in [2.75, 3.05) is 39.5 Å². The predicted octanol–water partition coefficient (Wildman–Crippen LogP) is 2.22. The number of pyridine rings is 1. The fourth-order valence-electron chi connectivity index (χ4n) is 4.09. The number of nitrogens with zero attached hydrogens (tertiary/aromatic N) is 6. The molecule has 4 heterocycles. The summed E-state index contributed by atoms with van der Waals surface area (Å²) >= 11 is 0. The first kappa shape index (κ1) is 25.9. The third-order valence-corrected chi connectivity index (χ3v) is 6.11. The van der Waals surface area contributed by atoms with Crippen LogP contribution >= 0.6 is 0 Å². The van der Waals surface area contributed by atoms with Gasteiger partial charge in [-0.3, -0.25) is 4.79 Å². The number of carbonyl (C=O) groups is 2. The number of ether oxygens (including phenoxy) is 1. The monoisotopic (exact) mass is 524 g/mol. The Morgan fingerprint density at radius 2 is 2.00 bits per heavy atom. The molecule has 1 aliphatic heterocycles. The minimum atomic E-state index is -4.75. The Morgan fingerprint density at radius 1 is 1.27 bits per heavy atom. The van der Waals surface area contributed by atoms with Crippen LogP contribution in [0.3, 0.4) is 0 Å². The van der Waals surface area contributed by atoms with Gasteiger partial charge in [0.05, 0.1) is 31.0 Å². The van der Waals surface area contributed by atoms with Gasteiger partial charge in [-0.15, -0.1) is 0 Å². The molecule has 11 nitrogen and oxygen atoms in total. The number of likely N-dealkylation sites (tertiary alicyclic amines) is 1. The molecule has 0 saturated carbocycles. The molecule has 2 atom stereocenters. The second-order valence-corrected chi connectivity index (χ2v) is 8.43. The summed E-state index contributed by atoms with van der Waals surface area (Å²) in [4.78, 5) is 35.9. The number of nitrogens with one attached hydrogen (secondary N) is 1. The third-order valence-electron chi connectivity index (χ3n) is 6.11. The Morgan fingerprint density at radius 3 is 2.65 bits per heavy atom. The number of rotatable bonds is 5. The number of nitrogen functional groups attached to an aromatic ring is 1. The molecule has 1 aliphatic rings. The SMILES string of the molecule is CCN(C)C(=O)N1CC(F)C(NC(=O)c2cc(-c3cc(C(F)(F)F)c4c(N)ncnn34)cnc2OC)C1. The largest absolute Gasteiger partial charge is 0.480 e. The number of alkyl halides is 4. The van der Waals surface area contributed by atoms with Gasteiger partial charge in [0.1, 0.15) is 23.6 Å². The van der Waals surface area contributed by atoms with Crippen molar-refractivity contribution >= 4 is 23.3 Å². The zero-order valence-electron chi connectivity index (χ0n) is 20.1. The second-order valence-electron chi connectivity index (χ2n) is 8.43. The maximum absolute atomic E-state index is 14.7. The number of aromatic nitrogens is 4. The van der Waals surface area contributed by atoms with Gasteiger partial charge in [-0.1, -0.05) is 0 Å². The lowest BCUT2D eigenvalue weighted by molar-refractivity contribution is -0.136. The van der Waals surface area contributed by atoms with Crippen LogP contribution in [-0.4, -0.2) is 87.3 Å². The Hall–Kier alpha value is -4.17. The first-order valence-corrected chi connectivity index (χ1v) is 11.1. The number of hydrogen-bond donors (Lipinski definition) is 2. The molecule has 1 fully saturated rings. The molecule has 0 aliphatic carbocycles. The minimum Gasteiger partial charge on any atom is -0.480 e. The molecule has 4 rings (SSSR count). The lowest BCUT2D eigenvalue weighted by Gasteiger charge is -2.23. The molecule has 1 saturated heterocycles. The van der Waals surface area contributed by atoms with Gasteiger partial charge >= 0.3 is 12.2 Å². The Bertz CT molecular complexity index is 1350. The molecule has 3 aromatic rings. The number of urea groups is 1. The van der Waals surface area contributed by atoms with Crippen LogP contribution in [0.2, 0.25) is 0 Å². The minimum absolute atomic E-state index is 0.0516. The van der Waals surface area contributed by atoms with E-state index in [0.29, 0.717) is 6.54 Å². The molecule has 3 aromatic heterocycles. The first-order valence-electron chi connectivity index (χ1n) is 11.1. The number of anilines is 1. The maximum atomic E-state index is 14.7. The van der Waals surface area contributed by atoms with Crippen LogP contribution in [0.1, 0.15) is 22.8 Å². The van der Waals surface area contributed by atoms with Crippen LogP contribution in [0.25, 0.3) is 16.8 Å². The van der Waals surface area contributed by atoms with E-state index in [-0.39, 0.29) is 47.6 Å². The fraction of sp³-hybridized carbons (Fsp3) is 0.409. The molecular weight excluding hydrogens is 500 g/mol. The Balaban J connectivity index is 1.67. The van der Waals surface area contributed by atoms with E-state index in [0.717, 1.165) is 16.9 Å². The first-order chi connectivity index (χ1) is 17.5. The van der Waals surface area contributed by atoms with E-state index in [1.807, 2.05) is 0 Å². The normalized spacial score (nSPS) is 17.8. The number of fused-ring (bicyclic) bond motifs is 1. The molecule has 15 heteroatoms. The smallest absolute Gasteiger partial charge is 0.418 e. The Kier molecular flexibility index (Phi) is 6.80. The highest BCUT2D eigenvalue weighted by atomic mass is 19.4. The number of halogens is 4. The van der Waals surface area contributed by atoms with Crippen molar-refractivity contribution in [2.24, 2.45) is 0 Å². The number of nitrogens with two attached hydrogens (primary N) is 1. The lowest BCUT2D eigenvalue weighted by Crippen LogP contribution is -2.43. The summed E-state index contributed by atoms with van der Waals surface area (Å²) in [7, 11) is 2.84. The van der Waals surface area contributed by atoms with Crippen molar-refractivity contribution in [3.63, 3.8) is 0 Å². The standard InChI is InChI=1S/C22H24F4N8O3/c1-4-32(2)21(36)33-8-14(23)15(9-33)31-19(35)12-5-11(7-28-20(12)37-3)16-6-13(22(24,25)26)17-18(27)29-10-30-34(16)17/h5-7,10,14-15H,4,8-9H2,1-3H3,(H,31,35)(H2,27,29,30). The van der Waals surface area contributed by atoms with Gasteiger partial charge in [-0.05, 0) is 19.1 Å². The molecule has 2 unspecified atom stereocenters. The van der Waals surface area contributed by atoms with Gasteiger partial charge < -0.3 is 25.6 Å². The summed E-state index contributed by atoms with van der Waals surface area (Å²) in [6, 6.07) is 0.712. The van der Waals surface area contributed by atoms with E-state index < -0.39 is 35.4 Å². The van der Waals surface area contributed by atoms with Crippen molar-refractivity contribution in [1.82, 2.24) is 34.7 Å². The van der Waals surface area contributed by atoms with E-state index in [9.17, 15) is 27.2 Å². The van der Waals surface area contributed by atoms with E-state index in [2.05, 4.69) is 20.4 Å². The highest BCUT2D eigenvalue weighted by molar-refractivity contribution is 5.98. The third kappa shape index (κ3) is 4.80. The van der Waals surface area contributed by atoms with Crippen molar-refractivity contribution in [3.8, 4) is 17.1 Å². The van der Waals surface area contributed by atoms with E-state index in [1.54, 1.807) is 14.0 Å². The van der Waals surface area contributed by atoms with Gasteiger partial charge in [0.2, 0.25) is 5.88 Å². The van der Waals surface area contributed by atoms with Gasteiger partial charge in [0.25, 0.3) is 5.91 Å². The Labute approximate surface area is 208 Å². The summed E-state index contributed by atoms with van der Waals surface area (Å²) in [6.07, 6.45) is -4.06. The van der Waals surface area contributed by atoms with Crippen molar-refractivity contribution in [3.05, 3.63) is 35.8 Å². The molecule has 3 N–H and O–H groups in total. The van der Waals surface area contributed by atoms with Crippen LogP contribution in [0.5, 0.6) is 5.88 Å². The molecule has 0 spiro atoms. The second kappa shape index (κ2) is 9.71. The van der Waals surface area contributed by atoms with Crippen molar-refractivity contribution in [1.29, 1.82) is 0 Å². The van der Waals surface area contributed by atoms with Gasteiger partial charge in [-0.2, -0.15) is 18.3 Å². The summed E-state index contributed by atoms with van der Waals surface area (Å²) < 4.78 is 61.9. The highest BCUT2D eigenvalue weighted by Gasteiger charge is 2.39.